The van der Waals surface area contributed by atoms with Crippen LogP contribution in [0.1, 0.15) is 22.9 Å². The fourth-order valence-electron chi connectivity index (χ4n) is 3.31. The normalized spacial score (nSPS) is 18.3. The van der Waals surface area contributed by atoms with Gasteiger partial charge in [0.05, 0.1) is 22.3 Å². The van der Waals surface area contributed by atoms with E-state index in [9.17, 15) is 0 Å². The van der Waals surface area contributed by atoms with Gasteiger partial charge >= 0.3 is 0 Å². The van der Waals surface area contributed by atoms with Crippen molar-refractivity contribution in [3.8, 4) is 11.5 Å². The molecule has 0 spiro atoms. The third-order valence-corrected chi connectivity index (χ3v) is 5.76. The fourth-order valence-corrected chi connectivity index (χ4v) is 4.16. The molecule has 0 saturated carbocycles. The first-order valence-corrected chi connectivity index (χ1v) is 9.59. The molecule has 4 nitrogen and oxygen atoms in total. The summed E-state index contributed by atoms with van der Waals surface area (Å²) in [5.41, 5.74) is 3.26. The van der Waals surface area contributed by atoms with Crippen LogP contribution in [0.25, 0.3) is 0 Å². The number of rotatable bonds is 3. The number of hydrogen-bond acceptors (Lipinski definition) is 5. The molecule has 1 aromatic heterocycles. The second-order valence-corrected chi connectivity index (χ2v) is 7.56. The van der Waals surface area contributed by atoms with E-state index < -0.39 is 0 Å². The van der Waals surface area contributed by atoms with Gasteiger partial charge in [0, 0.05) is 11.4 Å². The lowest BCUT2D eigenvalue weighted by Crippen LogP contribution is -2.18. The molecule has 3 aromatic rings. The number of anilines is 1. The Balaban J connectivity index is 1.55. The average Bonchev–Trinajstić information content (AvgIpc) is 3.40. The van der Waals surface area contributed by atoms with Crippen LogP contribution in [-0.4, -0.2) is 12.5 Å². The van der Waals surface area contributed by atoms with Gasteiger partial charge < -0.3 is 9.47 Å². The Morgan fingerprint density at radius 3 is 2.69 bits per heavy atom. The van der Waals surface area contributed by atoms with Gasteiger partial charge in [0.1, 0.15) is 0 Å². The minimum absolute atomic E-state index is 0.0998. The highest BCUT2D eigenvalue weighted by molar-refractivity contribution is 7.12. The fraction of sp³-hybridized carbons (Fsp3) is 0.150. The number of thiophene rings is 1. The SMILES string of the molecule is Clc1ccc(N2N=C(c3cccs3)C[C@H]2c2ccc3c(c2)OCO3)cc1. The maximum Gasteiger partial charge on any atom is 0.231 e. The van der Waals surface area contributed by atoms with Crippen molar-refractivity contribution in [2.24, 2.45) is 5.10 Å². The number of benzene rings is 2. The molecule has 6 heteroatoms. The monoisotopic (exact) mass is 382 g/mol. The zero-order valence-electron chi connectivity index (χ0n) is 13.8. The largest absolute Gasteiger partial charge is 0.454 e. The van der Waals surface area contributed by atoms with Crippen LogP contribution in [0, 0.1) is 0 Å². The number of hydrogen-bond donors (Lipinski definition) is 0. The predicted octanol–water partition coefficient (Wildman–Crippen LogP) is 5.49. The molecule has 2 aliphatic rings. The average molecular weight is 383 g/mol. The van der Waals surface area contributed by atoms with Gasteiger partial charge in [-0.15, -0.1) is 11.3 Å². The van der Waals surface area contributed by atoms with Gasteiger partial charge in [0.25, 0.3) is 0 Å². The van der Waals surface area contributed by atoms with Crippen molar-refractivity contribution in [1.29, 1.82) is 0 Å². The van der Waals surface area contributed by atoms with Crippen molar-refractivity contribution >= 4 is 34.3 Å². The van der Waals surface area contributed by atoms with Crippen molar-refractivity contribution in [1.82, 2.24) is 0 Å². The van der Waals surface area contributed by atoms with E-state index in [-0.39, 0.29) is 12.8 Å². The summed E-state index contributed by atoms with van der Waals surface area (Å²) in [5, 5.41) is 9.80. The van der Waals surface area contributed by atoms with Crippen LogP contribution in [0.15, 0.2) is 65.1 Å². The second-order valence-electron chi connectivity index (χ2n) is 6.18. The Hall–Kier alpha value is -2.50. The van der Waals surface area contributed by atoms with E-state index >= 15 is 0 Å². The molecule has 0 fully saturated rings. The van der Waals surface area contributed by atoms with Gasteiger partial charge in [0.2, 0.25) is 6.79 Å². The van der Waals surface area contributed by atoms with E-state index in [0.717, 1.165) is 39.9 Å². The van der Waals surface area contributed by atoms with Crippen LogP contribution in [0.4, 0.5) is 5.69 Å². The molecule has 0 bridgehead atoms. The third kappa shape index (κ3) is 2.73. The first-order valence-electron chi connectivity index (χ1n) is 8.34. The quantitative estimate of drug-likeness (QED) is 0.601. The first-order chi connectivity index (χ1) is 12.8. The summed E-state index contributed by atoms with van der Waals surface area (Å²) >= 11 is 7.78. The van der Waals surface area contributed by atoms with Crippen LogP contribution in [0.3, 0.4) is 0 Å². The molecular formula is C20H15ClN2O2S. The molecule has 5 rings (SSSR count). The highest BCUT2D eigenvalue weighted by Crippen LogP contribution is 2.41. The predicted molar refractivity (Wildman–Crippen MR) is 105 cm³/mol. The molecule has 0 radical (unpaired) electrons. The lowest BCUT2D eigenvalue weighted by molar-refractivity contribution is 0.174. The van der Waals surface area contributed by atoms with Crippen molar-refractivity contribution < 1.29 is 9.47 Å². The summed E-state index contributed by atoms with van der Waals surface area (Å²) in [6.45, 7) is 0.279. The molecule has 26 heavy (non-hydrogen) atoms. The molecule has 0 saturated heterocycles. The van der Waals surface area contributed by atoms with Gasteiger partial charge in [0.15, 0.2) is 11.5 Å². The molecule has 2 aliphatic heterocycles. The van der Waals surface area contributed by atoms with Crippen molar-refractivity contribution in [2.75, 3.05) is 11.8 Å². The summed E-state index contributed by atoms with van der Waals surface area (Å²) < 4.78 is 11.0. The van der Waals surface area contributed by atoms with E-state index in [2.05, 4.69) is 34.7 Å². The van der Waals surface area contributed by atoms with Gasteiger partial charge in [-0.05, 0) is 53.4 Å². The zero-order valence-corrected chi connectivity index (χ0v) is 15.3. The van der Waals surface area contributed by atoms with Gasteiger partial charge in [-0.1, -0.05) is 23.7 Å². The minimum Gasteiger partial charge on any atom is -0.454 e. The third-order valence-electron chi connectivity index (χ3n) is 4.59. The van der Waals surface area contributed by atoms with Crippen molar-refractivity contribution in [2.45, 2.75) is 12.5 Å². The van der Waals surface area contributed by atoms with Gasteiger partial charge in [-0.25, -0.2) is 0 Å². The number of nitrogens with zero attached hydrogens (tertiary/aromatic N) is 2. The Morgan fingerprint density at radius 2 is 1.88 bits per heavy atom. The Kier molecular flexibility index (Phi) is 3.84. The first kappa shape index (κ1) is 15.7. The molecule has 0 N–H and O–H groups in total. The standard InChI is InChI=1S/C20H15ClN2O2S/c21-14-4-6-15(7-5-14)23-17(11-16(22-23)20-2-1-9-26-20)13-3-8-18-19(10-13)25-12-24-18/h1-10,17H,11-12H2/t17-/m0/s1. The Bertz CT molecular complexity index is 970. The van der Waals surface area contributed by atoms with Gasteiger partial charge in [-0.2, -0.15) is 5.10 Å². The molecular weight excluding hydrogens is 368 g/mol. The highest BCUT2D eigenvalue weighted by Gasteiger charge is 2.31. The maximum absolute atomic E-state index is 6.06. The summed E-state index contributed by atoms with van der Waals surface area (Å²) in [6, 6.07) is 18.2. The lowest BCUT2D eigenvalue weighted by atomic mass is 10.0. The number of ether oxygens (including phenoxy) is 2. The van der Waals surface area contributed by atoms with Crippen LogP contribution < -0.4 is 14.5 Å². The van der Waals surface area contributed by atoms with Gasteiger partial charge in [-0.3, -0.25) is 5.01 Å². The minimum atomic E-state index is 0.0998. The van der Waals surface area contributed by atoms with E-state index in [1.807, 2.05) is 30.3 Å². The van der Waals surface area contributed by atoms with E-state index in [1.54, 1.807) is 11.3 Å². The number of halogens is 1. The summed E-state index contributed by atoms with van der Waals surface area (Å²) in [4.78, 5) is 1.20. The molecule has 130 valence electrons. The zero-order chi connectivity index (χ0) is 17.5. The van der Waals surface area contributed by atoms with Crippen molar-refractivity contribution in [3.63, 3.8) is 0 Å². The van der Waals surface area contributed by atoms with Crippen LogP contribution >= 0.6 is 22.9 Å². The van der Waals surface area contributed by atoms with E-state index in [4.69, 9.17) is 26.2 Å². The topological polar surface area (TPSA) is 34.1 Å². The van der Waals surface area contributed by atoms with Crippen molar-refractivity contribution in [3.05, 3.63) is 75.4 Å². The molecule has 0 aliphatic carbocycles. The molecule has 1 atom stereocenters. The smallest absolute Gasteiger partial charge is 0.231 e. The molecule has 2 aromatic carbocycles. The Labute approximate surface area is 160 Å². The number of hydrazone groups is 1. The summed E-state index contributed by atoms with van der Waals surface area (Å²) in [5.74, 6) is 1.59. The molecule has 3 heterocycles. The van der Waals surface area contributed by atoms with Crippen LogP contribution in [0.5, 0.6) is 11.5 Å². The molecule has 0 amide bonds. The van der Waals surface area contributed by atoms with Crippen LogP contribution in [0.2, 0.25) is 5.02 Å². The summed E-state index contributed by atoms with van der Waals surface area (Å²) in [6.07, 6.45) is 0.836. The second kappa shape index (κ2) is 6.34. The maximum atomic E-state index is 6.06. The van der Waals surface area contributed by atoms with Crippen LogP contribution in [-0.2, 0) is 0 Å². The Morgan fingerprint density at radius 1 is 1.04 bits per heavy atom. The lowest BCUT2D eigenvalue weighted by Gasteiger charge is -2.24. The number of fused-ring (bicyclic) bond motifs is 1. The summed E-state index contributed by atoms with van der Waals surface area (Å²) in [7, 11) is 0. The van der Waals surface area contributed by atoms with E-state index in [1.165, 1.54) is 4.88 Å². The van der Waals surface area contributed by atoms with E-state index in [0.29, 0.717) is 0 Å². The highest BCUT2D eigenvalue weighted by atomic mass is 35.5. The molecule has 0 unspecified atom stereocenters.